The monoisotopic (exact) mass is 496 g/mol. The number of carbonyl (C=O) groups excluding carboxylic acids is 2. The van der Waals surface area contributed by atoms with Crippen molar-refractivity contribution in [2.24, 2.45) is 5.14 Å². The molecule has 184 valence electrons. The minimum atomic E-state index is -4.05. The molecule has 0 saturated carbocycles. The van der Waals surface area contributed by atoms with Gasteiger partial charge in [-0.05, 0) is 36.1 Å². The minimum absolute atomic E-state index is 0.0359. The van der Waals surface area contributed by atoms with Crippen LogP contribution in [0.4, 0.5) is 14.5 Å². The molecule has 3 N–H and O–H groups in total. The fraction of sp³-hybridized carbons (Fsp3) is 0.409. The van der Waals surface area contributed by atoms with Crippen LogP contribution < -0.4 is 15.2 Å². The number of benzene rings is 1. The van der Waals surface area contributed by atoms with Crippen molar-refractivity contribution in [3.8, 4) is 5.88 Å². The lowest BCUT2D eigenvalue weighted by atomic mass is 9.69. The highest BCUT2D eigenvalue weighted by Gasteiger charge is 2.53. The zero-order valence-electron chi connectivity index (χ0n) is 18.9. The average molecular weight is 497 g/mol. The maximum Gasteiger partial charge on any atom is 0.388 e. The lowest BCUT2D eigenvalue weighted by Crippen LogP contribution is -2.67. The fourth-order valence-electron chi connectivity index (χ4n) is 3.96. The van der Waals surface area contributed by atoms with Gasteiger partial charge >= 0.3 is 6.61 Å². The van der Waals surface area contributed by atoms with Gasteiger partial charge in [-0.3, -0.25) is 9.59 Å². The number of hydrogen-bond donors (Lipinski definition) is 2. The first kappa shape index (κ1) is 25.5. The number of rotatable bonds is 8. The Balaban J connectivity index is 1.98. The standard InChI is InChI=1S/C22H26F2N4O5S/c1-13(2)15-6-4-5-7-16(15)22(11-28(12-22)18(29)10-34(25,31)32)20(30)27-17-9-8-14(3)26-19(17)33-21(23)24/h4-9,13,21H,10-12H2,1-3H3,(H,27,30)(H2,25,31,32). The molecule has 1 fully saturated rings. The van der Waals surface area contributed by atoms with Crippen LogP contribution in [-0.2, 0) is 25.0 Å². The number of carbonyl (C=O) groups is 2. The number of aryl methyl sites for hydroxylation is 1. The van der Waals surface area contributed by atoms with E-state index < -0.39 is 45.5 Å². The van der Waals surface area contributed by atoms with Gasteiger partial charge in [0.15, 0.2) is 0 Å². The maximum atomic E-state index is 13.6. The summed E-state index contributed by atoms with van der Waals surface area (Å²) >= 11 is 0. The zero-order valence-corrected chi connectivity index (χ0v) is 19.7. The molecule has 0 unspecified atom stereocenters. The Morgan fingerprint density at radius 3 is 2.44 bits per heavy atom. The first-order valence-electron chi connectivity index (χ1n) is 10.4. The molecule has 1 aliphatic heterocycles. The summed E-state index contributed by atoms with van der Waals surface area (Å²) in [5.41, 5.74) is 0.631. The number of sulfonamides is 1. The summed E-state index contributed by atoms with van der Waals surface area (Å²) in [4.78, 5) is 31.2. The Bertz CT molecular complexity index is 1200. The van der Waals surface area contributed by atoms with E-state index in [0.29, 0.717) is 11.3 Å². The van der Waals surface area contributed by atoms with Crippen molar-refractivity contribution in [2.45, 2.75) is 38.7 Å². The number of nitrogens with zero attached hydrogens (tertiary/aromatic N) is 2. The van der Waals surface area contributed by atoms with Gasteiger partial charge in [-0.15, -0.1) is 0 Å². The Morgan fingerprint density at radius 1 is 1.21 bits per heavy atom. The number of nitrogens with two attached hydrogens (primary N) is 1. The predicted molar refractivity (Wildman–Crippen MR) is 121 cm³/mol. The van der Waals surface area contributed by atoms with E-state index in [1.54, 1.807) is 19.1 Å². The second kappa shape index (κ2) is 9.63. The molecule has 9 nitrogen and oxygen atoms in total. The van der Waals surface area contributed by atoms with Crippen molar-refractivity contribution in [2.75, 3.05) is 24.2 Å². The molecule has 0 aliphatic carbocycles. The second-order valence-electron chi connectivity index (χ2n) is 8.52. The molecule has 1 aliphatic rings. The van der Waals surface area contributed by atoms with Gasteiger partial charge in [-0.25, -0.2) is 18.5 Å². The quantitative estimate of drug-likeness (QED) is 0.576. The van der Waals surface area contributed by atoms with Crippen LogP contribution in [0.2, 0.25) is 0 Å². The molecule has 34 heavy (non-hydrogen) atoms. The van der Waals surface area contributed by atoms with Gasteiger partial charge in [0.2, 0.25) is 27.7 Å². The number of likely N-dealkylation sites (tertiary alicyclic amines) is 1. The molecule has 12 heteroatoms. The number of ether oxygens (including phenoxy) is 1. The summed E-state index contributed by atoms with van der Waals surface area (Å²) in [7, 11) is -4.05. The normalized spacial score (nSPS) is 15.2. The van der Waals surface area contributed by atoms with E-state index in [1.807, 2.05) is 26.0 Å². The van der Waals surface area contributed by atoms with Gasteiger partial charge in [-0.1, -0.05) is 38.1 Å². The van der Waals surface area contributed by atoms with Crippen molar-refractivity contribution < 1.29 is 31.5 Å². The van der Waals surface area contributed by atoms with Gasteiger partial charge < -0.3 is 15.0 Å². The molecular weight excluding hydrogens is 470 g/mol. The first-order valence-corrected chi connectivity index (χ1v) is 12.2. The van der Waals surface area contributed by atoms with E-state index in [4.69, 9.17) is 5.14 Å². The fourth-order valence-corrected chi connectivity index (χ4v) is 4.49. The van der Waals surface area contributed by atoms with Crippen LogP contribution in [0.15, 0.2) is 36.4 Å². The summed E-state index contributed by atoms with van der Waals surface area (Å²) in [6.07, 6.45) is 0. The first-order chi connectivity index (χ1) is 15.8. The molecule has 0 atom stereocenters. The molecule has 2 heterocycles. The van der Waals surface area contributed by atoms with Gasteiger partial charge in [-0.2, -0.15) is 8.78 Å². The maximum absolute atomic E-state index is 13.6. The van der Waals surface area contributed by atoms with Crippen molar-refractivity contribution in [3.05, 3.63) is 53.2 Å². The van der Waals surface area contributed by atoms with Gasteiger partial charge in [0.1, 0.15) is 16.9 Å². The van der Waals surface area contributed by atoms with E-state index in [-0.39, 0.29) is 24.7 Å². The number of nitrogens with one attached hydrogen (secondary N) is 1. The van der Waals surface area contributed by atoms with Crippen LogP contribution in [0.25, 0.3) is 0 Å². The SMILES string of the molecule is Cc1ccc(NC(=O)C2(c3ccccc3C(C)C)CN(C(=O)CS(N)(=O)=O)C2)c(OC(F)F)n1. The molecule has 1 saturated heterocycles. The number of primary sulfonamides is 1. The molecule has 1 aromatic heterocycles. The molecule has 0 spiro atoms. The highest BCUT2D eigenvalue weighted by molar-refractivity contribution is 7.89. The van der Waals surface area contributed by atoms with Crippen LogP contribution in [0.5, 0.6) is 5.88 Å². The largest absolute Gasteiger partial charge is 0.415 e. The summed E-state index contributed by atoms with van der Waals surface area (Å²) in [6.45, 7) is 2.13. The zero-order chi connectivity index (χ0) is 25.3. The highest BCUT2D eigenvalue weighted by Crippen LogP contribution is 2.40. The van der Waals surface area contributed by atoms with Crippen molar-refractivity contribution in [1.29, 1.82) is 0 Å². The topological polar surface area (TPSA) is 132 Å². The number of halogens is 2. The van der Waals surface area contributed by atoms with Crippen molar-refractivity contribution >= 4 is 27.5 Å². The molecule has 0 bridgehead atoms. The molecule has 0 radical (unpaired) electrons. The Hall–Kier alpha value is -3.12. The van der Waals surface area contributed by atoms with Crippen LogP contribution in [-0.4, -0.2) is 55.6 Å². The van der Waals surface area contributed by atoms with Gasteiger partial charge in [0.05, 0.1) is 0 Å². The number of amides is 2. The third-order valence-electron chi connectivity index (χ3n) is 5.58. The number of hydrogen-bond acceptors (Lipinski definition) is 6. The molecule has 3 rings (SSSR count). The summed E-state index contributed by atoms with van der Waals surface area (Å²) in [5, 5.41) is 7.61. The van der Waals surface area contributed by atoms with Crippen LogP contribution >= 0.6 is 0 Å². The van der Waals surface area contributed by atoms with Crippen LogP contribution in [0.1, 0.15) is 36.6 Å². The van der Waals surface area contributed by atoms with E-state index in [9.17, 15) is 26.8 Å². The Morgan fingerprint density at radius 2 is 1.85 bits per heavy atom. The van der Waals surface area contributed by atoms with E-state index in [0.717, 1.165) is 5.56 Å². The van der Waals surface area contributed by atoms with E-state index in [1.165, 1.54) is 17.0 Å². The highest BCUT2D eigenvalue weighted by atomic mass is 32.2. The van der Waals surface area contributed by atoms with E-state index in [2.05, 4.69) is 15.0 Å². The third-order valence-corrected chi connectivity index (χ3v) is 6.23. The smallest absolute Gasteiger partial charge is 0.388 e. The van der Waals surface area contributed by atoms with Crippen LogP contribution in [0.3, 0.4) is 0 Å². The number of alkyl halides is 2. The van der Waals surface area contributed by atoms with Crippen LogP contribution in [0, 0.1) is 6.92 Å². The number of anilines is 1. The summed E-state index contributed by atoms with van der Waals surface area (Å²) < 4.78 is 53.0. The number of aromatic nitrogens is 1. The number of pyridine rings is 1. The van der Waals surface area contributed by atoms with E-state index >= 15 is 0 Å². The van der Waals surface area contributed by atoms with Gasteiger partial charge in [0.25, 0.3) is 0 Å². The second-order valence-corrected chi connectivity index (χ2v) is 10.1. The third kappa shape index (κ3) is 5.50. The molecule has 2 aromatic rings. The summed E-state index contributed by atoms with van der Waals surface area (Å²) in [5.74, 6) is -2.58. The van der Waals surface area contributed by atoms with Crippen molar-refractivity contribution in [3.63, 3.8) is 0 Å². The molecule has 2 amide bonds. The lowest BCUT2D eigenvalue weighted by Gasteiger charge is -2.50. The average Bonchev–Trinajstić information content (AvgIpc) is 2.67. The summed E-state index contributed by atoms with van der Waals surface area (Å²) in [6, 6.07) is 10.1. The minimum Gasteiger partial charge on any atom is -0.415 e. The predicted octanol–water partition coefficient (Wildman–Crippen LogP) is 2.12. The lowest BCUT2D eigenvalue weighted by molar-refractivity contribution is -0.141. The van der Waals surface area contributed by atoms with Crippen molar-refractivity contribution in [1.82, 2.24) is 9.88 Å². The Labute approximate surface area is 196 Å². The van der Waals surface area contributed by atoms with Gasteiger partial charge in [0, 0.05) is 18.8 Å². The molecular formula is C22H26F2N4O5S. The molecule has 1 aromatic carbocycles. The Kier molecular flexibility index (Phi) is 7.22.